The summed E-state index contributed by atoms with van der Waals surface area (Å²) in [6.07, 6.45) is 10.1. The molecule has 3 unspecified atom stereocenters. The van der Waals surface area contributed by atoms with Crippen molar-refractivity contribution in [3.8, 4) is 0 Å². The van der Waals surface area contributed by atoms with E-state index in [1.165, 1.54) is 58.0 Å². The highest BCUT2D eigenvalue weighted by Gasteiger charge is 2.28. The molecule has 1 aliphatic heterocycles. The standard InChI is InChI=1S/C16H32N2/c1-13-12-18(3)14(2)11-16(13)17-10-9-15-7-5-4-6-8-15/h13-17H,4-12H2,1-3H3. The second-order valence-electron chi connectivity index (χ2n) is 6.85. The van der Waals surface area contributed by atoms with Gasteiger partial charge in [-0.25, -0.2) is 0 Å². The fraction of sp³-hybridized carbons (Fsp3) is 1.00. The molecule has 0 bridgehead atoms. The van der Waals surface area contributed by atoms with Gasteiger partial charge in [0.1, 0.15) is 0 Å². The van der Waals surface area contributed by atoms with Crippen molar-refractivity contribution in [3.05, 3.63) is 0 Å². The zero-order valence-corrected chi connectivity index (χ0v) is 12.6. The smallest absolute Gasteiger partial charge is 0.0120 e. The number of likely N-dealkylation sites (tertiary alicyclic amines) is 1. The lowest BCUT2D eigenvalue weighted by Crippen LogP contribution is -2.51. The highest BCUT2D eigenvalue weighted by Crippen LogP contribution is 2.26. The maximum absolute atomic E-state index is 3.84. The Balaban J connectivity index is 1.66. The van der Waals surface area contributed by atoms with Crippen LogP contribution in [0.5, 0.6) is 0 Å². The van der Waals surface area contributed by atoms with Gasteiger partial charge in [0.25, 0.3) is 0 Å². The molecule has 0 spiro atoms. The molecule has 0 radical (unpaired) electrons. The Bertz CT molecular complexity index is 235. The van der Waals surface area contributed by atoms with Gasteiger partial charge in [-0.15, -0.1) is 0 Å². The normalized spacial score (nSPS) is 35.8. The highest BCUT2D eigenvalue weighted by atomic mass is 15.2. The molecule has 3 atom stereocenters. The summed E-state index contributed by atoms with van der Waals surface area (Å²) in [5.41, 5.74) is 0. The number of nitrogens with one attached hydrogen (secondary N) is 1. The van der Waals surface area contributed by atoms with Crippen molar-refractivity contribution in [2.75, 3.05) is 20.1 Å². The maximum Gasteiger partial charge on any atom is 0.0120 e. The summed E-state index contributed by atoms with van der Waals surface area (Å²) >= 11 is 0. The Morgan fingerprint density at radius 3 is 2.56 bits per heavy atom. The summed E-state index contributed by atoms with van der Waals surface area (Å²) in [7, 11) is 2.26. The Morgan fingerprint density at radius 2 is 1.83 bits per heavy atom. The summed E-state index contributed by atoms with van der Waals surface area (Å²) < 4.78 is 0. The molecule has 1 N–H and O–H groups in total. The highest BCUT2D eigenvalue weighted by molar-refractivity contribution is 4.86. The van der Waals surface area contributed by atoms with Crippen molar-refractivity contribution < 1.29 is 0 Å². The predicted octanol–water partition coefficient (Wildman–Crippen LogP) is 3.28. The largest absolute Gasteiger partial charge is 0.314 e. The van der Waals surface area contributed by atoms with E-state index in [-0.39, 0.29) is 0 Å². The molecule has 2 aliphatic rings. The van der Waals surface area contributed by atoms with Crippen molar-refractivity contribution in [1.82, 2.24) is 10.2 Å². The van der Waals surface area contributed by atoms with Gasteiger partial charge >= 0.3 is 0 Å². The third kappa shape index (κ3) is 3.96. The molecule has 1 aliphatic carbocycles. The SMILES string of the molecule is CC1CN(C)C(C)CC1NCCC1CCCCC1. The second-order valence-corrected chi connectivity index (χ2v) is 6.85. The van der Waals surface area contributed by atoms with Crippen LogP contribution in [0, 0.1) is 11.8 Å². The van der Waals surface area contributed by atoms with E-state index in [9.17, 15) is 0 Å². The number of nitrogens with zero attached hydrogens (tertiary/aromatic N) is 1. The quantitative estimate of drug-likeness (QED) is 0.826. The van der Waals surface area contributed by atoms with E-state index in [1.54, 1.807) is 0 Å². The van der Waals surface area contributed by atoms with E-state index in [2.05, 4.69) is 31.1 Å². The summed E-state index contributed by atoms with van der Waals surface area (Å²) in [6.45, 7) is 7.26. The molecule has 2 fully saturated rings. The van der Waals surface area contributed by atoms with Gasteiger partial charge in [0.15, 0.2) is 0 Å². The van der Waals surface area contributed by atoms with Crippen LogP contribution in [0.2, 0.25) is 0 Å². The molecule has 1 saturated heterocycles. The van der Waals surface area contributed by atoms with Crippen molar-refractivity contribution in [2.24, 2.45) is 11.8 Å². The first-order valence-corrected chi connectivity index (χ1v) is 8.10. The fourth-order valence-electron chi connectivity index (χ4n) is 3.77. The molecule has 2 rings (SSSR count). The first kappa shape index (κ1) is 14.3. The van der Waals surface area contributed by atoms with Gasteiger partial charge in [0.2, 0.25) is 0 Å². The lowest BCUT2D eigenvalue weighted by molar-refractivity contribution is 0.120. The van der Waals surface area contributed by atoms with Crippen molar-refractivity contribution in [1.29, 1.82) is 0 Å². The van der Waals surface area contributed by atoms with Crippen molar-refractivity contribution >= 4 is 0 Å². The monoisotopic (exact) mass is 252 g/mol. The Hall–Kier alpha value is -0.0800. The Kier molecular flexibility index (Phi) is 5.50. The van der Waals surface area contributed by atoms with E-state index in [1.807, 2.05) is 0 Å². The van der Waals surface area contributed by atoms with E-state index in [0.717, 1.165) is 23.9 Å². The zero-order valence-electron chi connectivity index (χ0n) is 12.6. The third-order valence-corrected chi connectivity index (χ3v) is 5.29. The minimum absolute atomic E-state index is 0.744. The first-order valence-electron chi connectivity index (χ1n) is 8.10. The molecular weight excluding hydrogens is 220 g/mol. The Morgan fingerprint density at radius 1 is 1.11 bits per heavy atom. The van der Waals surface area contributed by atoms with Crippen LogP contribution in [-0.4, -0.2) is 37.1 Å². The van der Waals surface area contributed by atoms with E-state index >= 15 is 0 Å². The summed E-state index contributed by atoms with van der Waals surface area (Å²) in [5, 5.41) is 3.84. The molecule has 106 valence electrons. The minimum Gasteiger partial charge on any atom is -0.314 e. The average molecular weight is 252 g/mol. The van der Waals surface area contributed by atoms with Crippen LogP contribution >= 0.6 is 0 Å². The van der Waals surface area contributed by atoms with Crippen LogP contribution in [0.15, 0.2) is 0 Å². The number of hydrogen-bond acceptors (Lipinski definition) is 2. The third-order valence-electron chi connectivity index (χ3n) is 5.29. The molecule has 0 aromatic heterocycles. The van der Waals surface area contributed by atoms with Gasteiger partial charge in [-0.05, 0) is 45.2 Å². The molecule has 2 nitrogen and oxygen atoms in total. The van der Waals surface area contributed by atoms with Gasteiger partial charge in [0.05, 0.1) is 0 Å². The molecule has 0 aromatic rings. The van der Waals surface area contributed by atoms with Crippen LogP contribution < -0.4 is 5.32 Å². The molecule has 18 heavy (non-hydrogen) atoms. The summed E-state index contributed by atoms with van der Waals surface area (Å²) in [4.78, 5) is 2.50. The zero-order chi connectivity index (χ0) is 13.0. The van der Waals surface area contributed by atoms with E-state index < -0.39 is 0 Å². The fourth-order valence-corrected chi connectivity index (χ4v) is 3.77. The Labute approximate surface area is 114 Å². The lowest BCUT2D eigenvalue weighted by Gasteiger charge is -2.40. The average Bonchev–Trinajstić information content (AvgIpc) is 2.37. The molecule has 0 aromatic carbocycles. The lowest BCUT2D eigenvalue weighted by atomic mass is 9.86. The van der Waals surface area contributed by atoms with Crippen LogP contribution in [0.25, 0.3) is 0 Å². The van der Waals surface area contributed by atoms with E-state index in [0.29, 0.717) is 0 Å². The summed E-state index contributed by atoms with van der Waals surface area (Å²) in [5.74, 6) is 1.82. The first-order chi connectivity index (χ1) is 8.66. The van der Waals surface area contributed by atoms with Crippen LogP contribution in [0.1, 0.15) is 58.8 Å². The maximum atomic E-state index is 3.84. The predicted molar refractivity (Wildman–Crippen MR) is 78.9 cm³/mol. The molecule has 1 heterocycles. The molecular formula is C16H32N2. The second kappa shape index (κ2) is 6.91. The molecule has 1 saturated carbocycles. The van der Waals surface area contributed by atoms with Crippen LogP contribution in [-0.2, 0) is 0 Å². The van der Waals surface area contributed by atoms with E-state index in [4.69, 9.17) is 0 Å². The summed E-state index contributed by atoms with van der Waals surface area (Å²) in [6, 6.07) is 1.49. The number of hydrogen-bond donors (Lipinski definition) is 1. The minimum atomic E-state index is 0.744. The van der Waals surface area contributed by atoms with Gasteiger partial charge in [0, 0.05) is 18.6 Å². The van der Waals surface area contributed by atoms with Crippen molar-refractivity contribution in [3.63, 3.8) is 0 Å². The van der Waals surface area contributed by atoms with Crippen LogP contribution in [0.4, 0.5) is 0 Å². The van der Waals surface area contributed by atoms with Gasteiger partial charge in [-0.2, -0.15) is 0 Å². The van der Waals surface area contributed by atoms with Crippen molar-refractivity contribution in [2.45, 2.75) is 70.9 Å². The van der Waals surface area contributed by atoms with Gasteiger partial charge < -0.3 is 10.2 Å². The molecule has 0 amide bonds. The van der Waals surface area contributed by atoms with Gasteiger partial charge in [-0.3, -0.25) is 0 Å². The topological polar surface area (TPSA) is 15.3 Å². The molecule has 2 heteroatoms. The number of piperidine rings is 1. The van der Waals surface area contributed by atoms with Crippen LogP contribution in [0.3, 0.4) is 0 Å². The number of rotatable bonds is 4. The van der Waals surface area contributed by atoms with Gasteiger partial charge in [-0.1, -0.05) is 39.0 Å².